The number of nitrogens with zero attached hydrogens (tertiary/aromatic N) is 3. The number of rotatable bonds is 4. The molecule has 30 heavy (non-hydrogen) atoms. The van der Waals surface area contributed by atoms with Crippen molar-refractivity contribution >= 4 is 28.3 Å². The van der Waals surface area contributed by atoms with E-state index in [4.69, 9.17) is 0 Å². The maximum Gasteiger partial charge on any atom is 0.263 e. The minimum Gasteiger partial charge on any atom is -0.358 e. The first-order chi connectivity index (χ1) is 14.2. The number of thiazole rings is 1. The highest BCUT2D eigenvalue weighted by Crippen LogP contribution is 2.29. The summed E-state index contributed by atoms with van der Waals surface area (Å²) in [6, 6.07) is 8.01. The molecular formula is C23H25N5OS. The molecule has 0 bridgehead atoms. The Balaban J connectivity index is 1.55. The number of hydrogen-bond donors (Lipinski definition) is 2. The zero-order valence-corrected chi connectivity index (χ0v) is 18.6. The van der Waals surface area contributed by atoms with Gasteiger partial charge < -0.3 is 10.3 Å². The molecule has 3 heterocycles. The third-order valence-electron chi connectivity index (χ3n) is 5.07. The molecule has 6 nitrogen and oxygen atoms in total. The first-order valence-corrected chi connectivity index (χ1v) is 10.7. The van der Waals surface area contributed by atoms with E-state index in [1.165, 1.54) is 11.3 Å². The maximum absolute atomic E-state index is 12.7. The van der Waals surface area contributed by atoms with Crippen molar-refractivity contribution in [2.45, 2.75) is 46.1 Å². The Morgan fingerprint density at radius 1 is 1.17 bits per heavy atom. The highest BCUT2D eigenvalue weighted by atomic mass is 32.1. The Morgan fingerprint density at radius 2 is 1.97 bits per heavy atom. The summed E-state index contributed by atoms with van der Waals surface area (Å²) in [5, 5.41) is 4.06. The van der Waals surface area contributed by atoms with E-state index in [0.717, 1.165) is 38.4 Å². The van der Waals surface area contributed by atoms with Gasteiger partial charge in [0.15, 0.2) is 0 Å². The Labute approximate surface area is 179 Å². The fourth-order valence-corrected chi connectivity index (χ4v) is 4.35. The number of H-pyrrole nitrogens is 1. The zero-order chi connectivity index (χ0) is 21.5. The molecule has 4 rings (SSSR count). The van der Waals surface area contributed by atoms with Gasteiger partial charge in [0.05, 0.1) is 34.0 Å². The SMILES string of the molecule is Cc1cc(-c2ncnc3cc[nH]c23)ccc1C(C)NC(=O)c1cnc(C(C)(C)C)s1. The molecule has 0 saturated carbocycles. The number of fused-ring (bicyclic) bond motifs is 1. The van der Waals surface area contributed by atoms with Gasteiger partial charge in [0.25, 0.3) is 5.91 Å². The van der Waals surface area contributed by atoms with E-state index in [0.29, 0.717) is 4.88 Å². The van der Waals surface area contributed by atoms with E-state index < -0.39 is 0 Å². The summed E-state index contributed by atoms with van der Waals surface area (Å²) in [5.74, 6) is -0.0946. The molecule has 0 radical (unpaired) electrons. The van der Waals surface area contributed by atoms with Crippen molar-refractivity contribution in [1.82, 2.24) is 25.3 Å². The van der Waals surface area contributed by atoms with Crippen LogP contribution in [0.1, 0.15) is 59.5 Å². The van der Waals surface area contributed by atoms with Gasteiger partial charge in [-0.1, -0.05) is 32.9 Å². The van der Waals surface area contributed by atoms with Gasteiger partial charge in [-0.15, -0.1) is 11.3 Å². The molecule has 0 saturated heterocycles. The lowest BCUT2D eigenvalue weighted by Crippen LogP contribution is -2.26. The smallest absolute Gasteiger partial charge is 0.263 e. The third-order valence-corrected chi connectivity index (χ3v) is 6.50. The predicted molar refractivity (Wildman–Crippen MR) is 121 cm³/mol. The van der Waals surface area contributed by atoms with Crippen LogP contribution in [0.3, 0.4) is 0 Å². The van der Waals surface area contributed by atoms with Crippen LogP contribution in [-0.2, 0) is 5.41 Å². The Kier molecular flexibility index (Phi) is 5.15. The molecule has 0 aliphatic rings. The summed E-state index contributed by atoms with van der Waals surface area (Å²) in [6.45, 7) is 10.3. The predicted octanol–water partition coefficient (Wildman–Crippen LogP) is 5.18. The zero-order valence-electron chi connectivity index (χ0n) is 17.8. The van der Waals surface area contributed by atoms with Gasteiger partial charge in [-0.25, -0.2) is 15.0 Å². The standard InChI is InChI=1S/C23H25N5OS/c1-13-10-15(19-20-17(8-9-24-20)26-12-27-19)6-7-16(13)14(2)28-21(29)18-11-25-22(30-18)23(3,4)5/h6-12,14,24H,1-5H3,(H,28,29). The van der Waals surface area contributed by atoms with Gasteiger partial charge in [-0.2, -0.15) is 0 Å². The molecule has 0 aliphatic heterocycles. The van der Waals surface area contributed by atoms with Crippen LogP contribution in [0.15, 0.2) is 43.0 Å². The van der Waals surface area contributed by atoms with E-state index in [2.05, 4.69) is 65.1 Å². The monoisotopic (exact) mass is 419 g/mol. The van der Waals surface area contributed by atoms with Gasteiger partial charge in [-0.05, 0) is 37.1 Å². The number of aromatic amines is 1. The summed E-state index contributed by atoms with van der Waals surface area (Å²) < 4.78 is 0. The summed E-state index contributed by atoms with van der Waals surface area (Å²) in [5.41, 5.74) is 5.81. The average Bonchev–Trinajstić information content (AvgIpc) is 3.36. The Bertz CT molecular complexity index is 1220. The van der Waals surface area contributed by atoms with Crippen LogP contribution in [0.5, 0.6) is 0 Å². The molecule has 0 aliphatic carbocycles. The van der Waals surface area contributed by atoms with Crippen LogP contribution in [0.4, 0.5) is 0 Å². The first-order valence-electron chi connectivity index (χ1n) is 9.90. The summed E-state index contributed by atoms with van der Waals surface area (Å²) in [4.78, 5) is 29.7. The lowest BCUT2D eigenvalue weighted by Gasteiger charge is -2.17. The second kappa shape index (κ2) is 7.65. The lowest BCUT2D eigenvalue weighted by atomic mass is 9.98. The molecule has 0 spiro atoms. The highest BCUT2D eigenvalue weighted by molar-refractivity contribution is 7.13. The van der Waals surface area contributed by atoms with E-state index in [1.54, 1.807) is 12.5 Å². The third kappa shape index (κ3) is 3.85. The van der Waals surface area contributed by atoms with Gasteiger partial charge in [0.1, 0.15) is 11.2 Å². The van der Waals surface area contributed by atoms with Crippen molar-refractivity contribution in [3.8, 4) is 11.3 Å². The molecule has 4 aromatic rings. The van der Waals surface area contributed by atoms with E-state index in [9.17, 15) is 4.79 Å². The van der Waals surface area contributed by atoms with Crippen molar-refractivity contribution < 1.29 is 4.79 Å². The summed E-state index contributed by atoms with van der Waals surface area (Å²) in [6.07, 6.45) is 5.12. The summed E-state index contributed by atoms with van der Waals surface area (Å²) in [7, 11) is 0. The van der Waals surface area contributed by atoms with E-state index in [1.807, 2.05) is 25.3 Å². The van der Waals surface area contributed by atoms with Crippen LogP contribution in [0.25, 0.3) is 22.3 Å². The molecule has 2 N–H and O–H groups in total. The van der Waals surface area contributed by atoms with E-state index >= 15 is 0 Å². The van der Waals surface area contributed by atoms with Crippen LogP contribution in [0, 0.1) is 6.92 Å². The number of carbonyl (C=O) groups excluding carboxylic acids is 1. The number of carbonyl (C=O) groups is 1. The van der Waals surface area contributed by atoms with Crippen LogP contribution in [-0.4, -0.2) is 25.8 Å². The number of nitrogens with one attached hydrogen (secondary N) is 2. The minimum atomic E-state index is -0.123. The molecule has 0 fully saturated rings. The first kappa shape index (κ1) is 20.2. The molecule has 1 unspecified atom stereocenters. The van der Waals surface area contributed by atoms with Crippen molar-refractivity contribution in [3.63, 3.8) is 0 Å². The lowest BCUT2D eigenvalue weighted by molar-refractivity contribution is 0.0943. The van der Waals surface area contributed by atoms with Crippen molar-refractivity contribution in [1.29, 1.82) is 0 Å². The molecule has 3 aromatic heterocycles. The summed E-state index contributed by atoms with van der Waals surface area (Å²) >= 11 is 1.45. The topological polar surface area (TPSA) is 83.6 Å². The Morgan fingerprint density at radius 3 is 2.67 bits per heavy atom. The molecule has 154 valence electrons. The number of amides is 1. The van der Waals surface area contributed by atoms with Gasteiger partial charge >= 0.3 is 0 Å². The quantitative estimate of drug-likeness (QED) is 0.477. The molecule has 1 amide bonds. The van der Waals surface area contributed by atoms with Gasteiger partial charge in [0, 0.05) is 17.2 Å². The number of hydrogen-bond acceptors (Lipinski definition) is 5. The van der Waals surface area contributed by atoms with Crippen molar-refractivity contribution in [3.05, 3.63) is 64.0 Å². The number of aromatic nitrogens is 4. The number of aryl methyl sites for hydroxylation is 1. The number of benzene rings is 1. The van der Waals surface area contributed by atoms with Crippen LogP contribution < -0.4 is 5.32 Å². The average molecular weight is 420 g/mol. The van der Waals surface area contributed by atoms with Gasteiger partial charge in [0.2, 0.25) is 0 Å². The molecule has 7 heteroatoms. The van der Waals surface area contributed by atoms with Crippen LogP contribution in [0.2, 0.25) is 0 Å². The second-order valence-corrected chi connectivity index (χ2v) is 9.54. The van der Waals surface area contributed by atoms with Crippen molar-refractivity contribution in [2.24, 2.45) is 0 Å². The molecule has 1 atom stereocenters. The van der Waals surface area contributed by atoms with E-state index in [-0.39, 0.29) is 17.4 Å². The fourth-order valence-electron chi connectivity index (χ4n) is 3.47. The molecule has 1 aromatic carbocycles. The second-order valence-electron chi connectivity index (χ2n) is 8.51. The largest absolute Gasteiger partial charge is 0.358 e. The van der Waals surface area contributed by atoms with Crippen molar-refractivity contribution in [2.75, 3.05) is 0 Å². The normalized spacial score (nSPS) is 12.8. The highest BCUT2D eigenvalue weighted by Gasteiger charge is 2.21. The minimum absolute atomic E-state index is 0.0627. The fraction of sp³-hybridized carbons (Fsp3) is 0.304. The maximum atomic E-state index is 12.7. The Hall–Kier alpha value is -3.06. The van der Waals surface area contributed by atoms with Crippen LogP contribution >= 0.6 is 11.3 Å². The molecular weight excluding hydrogens is 394 g/mol. The van der Waals surface area contributed by atoms with Gasteiger partial charge in [-0.3, -0.25) is 4.79 Å².